The monoisotopic (exact) mass is 464 g/mol. The Balaban J connectivity index is 1.32. The fraction of sp³-hybridized carbons (Fsp3) is 0.125. The summed E-state index contributed by atoms with van der Waals surface area (Å²) in [6.07, 6.45) is 0. The van der Waals surface area contributed by atoms with Crippen molar-refractivity contribution < 1.29 is 27.1 Å². The molecule has 8 nitrogen and oxygen atoms in total. The van der Waals surface area contributed by atoms with Gasteiger partial charge in [0.25, 0.3) is 15.9 Å². The highest BCUT2D eigenvalue weighted by atomic mass is 32.2. The van der Waals surface area contributed by atoms with Crippen molar-refractivity contribution in [3.8, 4) is 11.5 Å². The van der Waals surface area contributed by atoms with Crippen LogP contribution in [-0.4, -0.2) is 21.1 Å². The zero-order valence-electron chi connectivity index (χ0n) is 17.6. The molecular weight excluding hydrogens is 444 g/mol. The van der Waals surface area contributed by atoms with Gasteiger partial charge in [-0.25, -0.2) is 8.42 Å². The fourth-order valence-corrected chi connectivity index (χ4v) is 4.64. The molecule has 168 valence electrons. The molecule has 3 aromatic carbocycles. The van der Waals surface area contributed by atoms with Gasteiger partial charge in [0.1, 0.15) is 11.3 Å². The Hall–Kier alpha value is -3.98. The summed E-state index contributed by atoms with van der Waals surface area (Å²) in [6, 6.07) is 19.6. The maximum absolute atomic E-state index is 12.9. The molecule has 1 aromatic heterocycles. The molecule has 0 radical (unpaired) electrons. The number of furan rings is 1. The molecule has 33 heavy (non-hydrogen) atoms. The number of para-hydroxylation sites is 1. The number of anilines is 1. The molecule has 0 unspecified atom stereocenters. The summed E-state index contributed by atoms with van der Waals surface area (Å²) in [7, 11) is -3.93. The molecule has 2 N–H and O–H groups in total. The van der Waals surface area contributed by atoms with Crippen molar-refractivity contribution >= 4 is 32.6 Å². The molecule has 0 saturated carbocycles. The van der Waals surface area contributed by atoms with Gasteiger partial charge >= 0.3 is 0 Å². The van der Waals surface area contributed by atoms with Gasteiger partial charge in [-0.05, 0) is 49.4 Å². The zero-order valence-corrected chi connectivity index (χ0v) is 18.4. The average molecular weight is 464 g/mol. The van der Waals surface area contributed by atoms with E-state index in [2.05, 4.69) is 10.0 Å². The summed E-state index contributed by atoms with van der Waals surface area (Å²) in [5.74, 6) is 1.21. The Morgan fingerprint density at radius 1 is 0.939 bits per heavy atom. The predicted octanol–water partition coefficient (Wildman–Crippen LogP) is 4.45. The van der Waals surface area contributed by atoms with Crippen LogP contribution in [0.15, 0.2) is 82.1 Å². The standard InChI is InChI=1S/C24H20N2O6S/c1-15(22-12-16-5-2-3-8-20(16)32-22)25-24(27)17-6-4-7-19(11-17)33(28,29)26-18-9-10-21-23(13-18)31-14-30-21/h2-13,15,26H,14H2,1H3,(H,25,27)/t15-/m1/s1. The van der Waals surface area contributed by atoms with E-state index in [9.17, 15) is 13.2 Å². The molecule has 1 aliphatic rings. The van der Waals surface area contributed by atoms with Gasteiger partial charge in [0.05, 0.1) is 16.6 Å². The lowest BCUT2D eigenvalue weighted by atomic mass is 10.1. The van der Waals surface area contributed by atoms with E-state index in [1.54, 1.807) is 31.2 Å². The first-order chi connectivity index (χ1) is 15.9. The van der Waals surface area contributed by atoms with Crippen molar-refractivity contribution in [2.45, 2.75) is 17.9 Å². The third-order valence-electron chi connectivity index (χ3n) is 5.25. The van der Waals surface area contributed by atoms with Crippen LogP contribution < -0.4 is 19.5 Å². The number of amides is 1. The number of sulfonamides is 1. The van der Waals surface area contributed by atoms with Crippen LogP contribution in [0.2, 0.25) is 0 Å². The minimum Gasteiger partial charge on any atom is -0.459 e. The quantitative estimate of drug-likeness (QED) is 0.437. The predicted molar refractivity (Wildman–Crippen MR) is 122 cm³/mol. The Bertz CT molecular complexity index is 1430. The zero-order chi connectivity index (χ0) is 23.0. The molecule has 0 aliphatic carbocycles. The van der Waals surface area contributed by atoms with Crippen LogP contribution in [0.4, 0.5) is 5.69 Å². The topological polar surface area (TPSA) is 107 Å². The third kappa shape index (κ3) is 4.22. The molecular formula is C24H20N2O6S. The SMILES string of the molecule is C[C@@H](NC(=O)c1cccc(S(=O)(=O)Nc2ccc3c(c2)OCO3)c1)c1cc2ccccc2o1. The van der Waals surface area contributed by atoms with Crippen molar-refractivity contribution in [1.82, 2.24) is 5.32 Å². The van der Waals surface area contributed by atoms with E-state index >= 15 is 0 Å². The Labute approximate surface area is 190 Å². The van der Waals surface area contributed by atoms with Gasteiger partial charge in [0.2, 0.25) is 6.79 Å². The Morgan fingerprint density at radius 2 is 1.76 bits per heavy atom. The lowest BCUT2D eigenvalue weighted by Gasteiger charge is -2.13. The second-order valence-electron chi connectivity index (χ2n) is 7.58. The number of carbonyl (C=O) groups is 1. The minimum atomic E-state index is -3.93. The van der Waals surface area contributed by atoms with E-state index in [0.717, 1.165) is 11.0 Å². The minimum absolute atomic E-state index is 0.0378. The number of rotatable bonds is 6. The number of hydrogen-bond donors (Lipinski definition) is 2. The molecule has 9 heteroatoms. The van der Waals surface area contributed by atoms with Gasteiger partial charge in [-0.15, -0.1) is 0 Å². The molecule has 1 aliphatic heterocycles. The lowest BCUT2D eigenvalue weighted by Crippen LogP contribution is -2.26. The molecule has 0 saturated heterocycles. The van der Waals surface area contributed by atoms with E-state index in [1.807, 2.05) is 30.3 Å². The van der Waals surface area contributed by atoms with E-state index in [0.29, 0.717) is 22.9 Å². The summed E-state index contributed by atoms with van der Waals surface area (Å²) in [6.45, 7) is 1.90. The largest absolute Gasteiger partial charge is 0.459 e. The van der Waals surface area contributed by atoms with E-state index in [-0.39, 0.29) is 17.3 Å². The third-order valence-corrected chi connectivity index (χ3v) is 6.63. The van der Waals surface area contributed by atoms with Crippen LogP contribution in [0, 0.1) is 0 Å². The Morgan fingerprint density at radius 3 is 2.61 bits per heavy atom. The summed E-state index contributed by atoms with van der Waals surface area (Å²) >= 11 is 0. The van der Waals surface area contributed by atoms with Crippen LogP contribution in [-0.2, 0) is 10.0 Å². The summed E-state index contributed by atoms with van der Waals surface area (Å²) in [5.41, 5.74) is 1.27. The maximum atomic E-state index is 12.9. The van der Waals surface area contributed by atoms with Crippen molar-refractivity contribution in [3.05, 3.63) is 84.1 Å². The number of carbonyl (C=O) groups excluding carboxylic acids is 1. The normalized spacial score (nSPS) is 13.6. The molecule has 5 rings (SSSR count). The summed E-state index contributed by atoms with van der Waals surface area (Å²) in [5, 5.41) is 3.79. The highest BCUT2D eigenvalue weighted by molar-refractivity contribution is 7.92. The van der Waals surface area contributed by atoms with Crippen molar-refractivity contribution in [2.75, 3.05) is 11.5 Å². The molecule has 0 spiro atoms. The van der Waals surface area contributed by atoms with Crippen LogP contribution >= 0.6 is 0 Å². The molecule has 0 bridgehead atoms. The number of benzene rings is 3. The molecule has 1 atom stereocenters. The summed E-state index contributed by atoms with van der Waals surface area (Å²) < 4.78 is 44.6. The number of ether oxygens (including phenoxy) is 2. The van der Waals surface area contributed by atoms with Gasteiger partial charge in [-0.1, -0.05) is 24.3 Å². The van der Waals surface area contributed by atoms with E-state index < -0.39 is 22.0 Å². The van der Waals surface area contributed by atoms with Gasteiger partial charge in [-0.2, -0.15) is 0 Å². The first kappa shape index (κ1) is 20.9. The van der Waals surface area contributed by atoms with Gasteiger partial charge in [0, 0.05) is 17.0 Å². The van der Waals surface area contributed by atoms with Crippen LogP contribution in [0.3, 0.4) is 0 Å². The van der Waals surface area contributed by atoms with Crippen molar-refractivity contribution in [1.29, 1.82) is 0 Å². The molecule has 2 heterocycles. The van der Waals surface area contributed by atoms with Crippen LogP contribution in [0.1, 0.15) is 29.1 Å². The first-order valence-electron chi connectivity index (χ1n) is 10.2. The molecule has 0 fully saturated rings. The van der Waals surface area contributed by atoms with Crippen LogP contribution in [0.5, 0.6) is 11.5 Å². The second-order valence-corrected chi connectivity index (χ2v) is 9.27. The van der Waals surface area contributed by atoms with E-state index in [1.165, 1.54) is 18.2 Å². The highest BCUT2D eigenvalue weighted by Crippen LogP contribution is 2.35. The highest BCUT2D eigenvalue weighted by Gasteiger charge is 2.20. The van der Waals surface area contributed by atoms with Crippen molar-refractivity contribution in [3.63, 3.8) is 0 Å². The maximum Gasteiger partial charge on any atom is 0.261 e. The number of fused-ring (bicyclic) bond motifs is 2. The fourth-order valence-electron chi connectivity index (χ4n) is 3.55. The van der Waals surface area contributed by atoms with Gasteiger partial charge in [-0.3, -0.25) is 9.52 Å². The second kappa shape index (κ2) is 8.18. The molecule has 1 amide bonds. The number of hydrogen-bond acceptors (Lipinski definition) is 6. The smallest absolute Gasteiger partial charge is 0.261 e. The molecule has 4 aromatic rings. The average Bonchev–Trinajstić information content (AvgIpc) is 3.45. The first-order valence-corrected chi connectivity index (χ1v) is 11.7. The van der Waals surface area contributed by atoms with E-state index in [4.69, 9.17) is 13.9 Å². The van der Waals surface area contributed by atoms with Gasteiger partial charge in [0.15, 0.2) is 11.5 Å². The number of nitrogens with one attached hydrogen (secondary N) is 2. The van der Waals surface area contributed by atoms with Crippen LogP contribution in [0.25, 0.3) is 11.0 Å². The lowest BCUT2D eigenvalue weighted by molar-refractivity contribution is 0.0935. The summed E-state index contributed by atoms with van der Waals surface area (Å²) in [4.78, 5) is 12.8. The van der Waals surface area contributed by atoms with Crippen molar-refractivity contribution in [2.24, 2.45) is 0 Å². The Kier molecular flexibility index (Phi) is 5.18. The van der Waals surface area contributed by atoms with Gasteiger partial charge < -0.3 is 19.2 Å².